The number of rotatable bonds is 7. The molecule has 0 N–H and O–H groups in total. The summed E-state index contributed by atoms with van der Waals surface area (Å²) in [5.74, 6) is -1.70. The highest BCUT2D eigenvalue weighted by molar-refractivity contribution is 6.16. The Balaban J connectivity index is 1.16. The molecule has 0 aromatic rings. The van der Waals surface area contributed by atoms with Gasteiger partial charge in [0.1, 0.15) is 29.8 Å². The van der Waals surface area contributed by atoms with Gasteiger partial charge in [0.25, 0.3) is 5.91 Å². The molecule has 9 heteroatoms. The van der Waals surface area contributed by atoms with Crippen molar-refractivity contribution in [2.45, 2.75) is 32.7 Å². The highest BCUT2D eigenvalue weighted by atomic mass is 16.7. The number of likely N-dealkylation sites (tertiary alicyclic amines) is 1. The summed E-state index contributed by atoms with van der Waals surface area (Å²) in [6.07, 6.45) is 3.17. The van der Waals surface area contributed by atoms with Gasteiger partial charge in [-0.05, 0) is 32.9 Å². The maximum absolute atomic E-state index is 12.5. The molecule has 2 saturated heterocycles. The monoisotopic (exact) mass is 407 g/mol. The smallest absolute Gasteiger partial charge is 0.316 e. The summed E-state index contributed by atoms with van der Waals surface area (Å²) < 4.78 is 27.2. The van der Waals surface area contributed by atoms with Crippen molar-refractivity contribution in [1.29, 1.82) is 0 Å². The van der Waals surface area contributed by atoms with Crippen molar-refractivity contribution in [3.8, 4) is 0 Å². The molecule has 29 heavy (non-hydrogen) atoms. The first-order valence-corrected chi connectivity index (χ1v) is 9.69. The molecule has 2 amide bonds. The lowest BCUT2D eigenvalue weighted by Gasteiger charge is -2.39. The van der Waals surface area contributed by atoms with E-state index in [9.17, 15) is 14.4 Å². The van der Waals surface area contributed by atoms with Crippen molar-refractivity contribution < 1.29 is 38.1 Å². The van der Waals surface area contributed by atoms with E-state index in [0.717, 1.165) is 0 Å². The van der Waals surface area contributed by atoms with Gasteiger partial charge in [-0.15, -0.1) is 0 Å². The van der Waals surface area contributed by atoms with Gasteiger partial charge in [0, 0.05) is 0 Å². The van der Waals surface area contributed by atoms with Gasteiger partial charge in [0.15, 0.2) is 5.79 Å². The Labute approximate surface area is 168 Å². The van der Waals surface area contributed by atoms with Crippen LogP contribution in [0.3, 0.4) is 0 Å². The Morgan fingerprint density at radius 1 is 1.17 bits per heavy atom. The molecule has 2 bridgehead atoms. The molecule has 158 valence electrons. The van der Waals surface area contributed by atoms with Gasteiger partial charge in [0.05, 0.1) is 38.5 Å². The number of carbonyl (C=O) groups excluding carboxylic acids is 3. The van der Waals surface area contributed by atoms with E-state index in [4.69, 9.17) is 23.7 Å². The Kier molecular flexibility index (Phi) is 5.00. The Morgan fingerprint density at radius 2 is 1.90 bits per heavy atom. The molecule has 0 aromatic heterocycles. The molecule has 9 nitrogen and oxygen atoms in total. The minimum atomic E-state index is -0.855. The molecule has 1 unspecified atom stereocenters. The van der Waals surface area contributed by atoms with Crippen LogP contribution in [0.5, 0.6) is 0 Å². The number of imide groups is 1. The van der Waals surface area contributed by atoms with E-state index in [1.54, 1.807) is 32.9 Å². The third-order valence-electron chi connectivity index (χ3n) is 5.50. The predicted octanol–water partition coefficient (Wildman–Crippen LogP) is 0.543. The van der Waals surface area contributed by atoms with Gasteiger partial charge in [-0.2, -0.15) is 0 Å². The normalized spacial score (nSPS) is 28.7. The fraction of sp³-hybridized carbons (Fsp3) is 0.650. The molecular formula is C20H25NO8. The van der Waals surface area contributed by atoms with Crippen molar-refractivity contribution in [3.05, 3.63) is 23.5 Å². The lowest BCUT2D eigenvalue weighted by molar-refractivity contribution is -0.281. The molecule has 0 radical (unpaired) electrons. The van der Waals surface area contributed by atoms with Gasteiger partial charge in [0.2, 0.25) is 5.91 Å². The fourth-order valence-corrected chi connectivity index (χ4v) is 3.68. The average molecular weight is 407 g/mol. The zero-order valence-corrected chi connectivity index (χ0v) is 16.8. The van der Waals surface area contributed by atoms with Crippen LogP contribution < -0.4 is 0 Å². The number of hydrogen-bond donors (Lipinski definition) is 0. The molecule has 0 spiro atoms. The number of amides is 2. The Bertz CT molecular complexity index is 788. The number of carbonyl (C=O) groups is 3. The molecule has 2 fully saturated rings. The molecule has 4 heterocycles. The van der Waals surface area contributed by atoms with Crippen LogP contribution in [0.1, 0.15) is 20.8 Å². The zero-order valence-electron chi connectivity index (χ0n) is 16.8. The first kappa shape index (κ1) is 20.1. The zero-order chi connectivity index (χ0) is 20.8. The van der Waals surface area contributed by atoms with E-state index in [2.05, 4.69) is 0 Å². The summed E-state index contributed by atoms with van der Waals surface area (Å²) in [5, 5.41) is 0. The van der Waals surface area contributed by atoms with Crippen LogP contribution in [0.15, 0.2) is 23.5 Å². The van der Waals surface area contributed by atoms with Crippen LogP contribution in [0.2, 0.25) is 0 Å². The third kappa shape index (κ3) is 3.58. The van der Waals surface area contributed by atoms with Gasteiger partial charge in [-0.3, -0.25) is 19.3 Å². The minimum Gasteiger partial charge on any atom is -0.485 e. The Morgan fingerprint density at radius 3 is 2.59 bits per heavy atom. The van der Waals surface area contributed by atoms with Crippen LogP contribution in [-0.2, 0) is 38.1 Å². The number of fused-ring (bicyclic) bond motifs is 4. The second-order valence-corrected chi connectivity index (χ2v) is 8.28. The molecule has 4 aliphatic rings. The summed E-state index contributed by atoms with van der Waals surface area (Å²) >= 11 is 0. The van der Waals surface area contributed by atoms with Gasteiger partial charge < -0.3 is 23.7 Å². The van der Waals surface area contributed by atoms with E-state index in [0.29, 0.717) is 11.3 Å². The standard InChI is InChI=1S/C20H25NO8/c1-19(2)27-10-20(3,11-28-19)18(24)26-9-8-25-7-6-21-16(22)14-12-4-5-13(29-12)15(14)17(21)23/h4-5,12,14H,6-11H2,1-3H3/t12?,14-/m1/s1. The fourth-order valence-electron chi connectivity index (χ4n) is 3.68. The van der Waals surface area contributed by atoms with Crippen LogP contribution in [0.4, 0.5) is 0 Å². The average Bonchev–Trinajstić information content (AvgIpc) is 3.36. The first-order chi connectivity index (χ1) is 13.7. The molecule has 0 aromatic carbocycles. The van der Waals surface area contributed by atoms with Gasteiger partial charge in [-0.1, -0.05) is 0 Å². The van der Waals surface area contributed by atoms with Crippen molar-refractivity contribution in [2.24, 2.45) is 11.3 Å². The molecule has 4 aliphatic heterocycles. The second kappa shape index (κ2) is 7.23. The lowest BCUT2D eigenvalue weighted by atomic mass is 9.92. The van der Waals surface area contributed by atoms with Crippen molar-refractivity contribution in [1.82, 2.24) is 4.90 Å². The summed E-state index contributed by atoms with van der Waals surface area (Å²) in [4.78, 5) is 38.4. The van der Waals surface area contributed by atoms with Gasteiger partial charge >= 0.3 is 5.97 Å². The SMILES string of the molecule is CC1(C)OCC(C)(C(=O)OCCOCCN2C(=O)C3=C4C=CC(O4)[C@H]3C2=O)CO1. The second-order valence-electron chi connectivity index (χ2n) is 8.28. The Hall–Kier alpha value is -2.23. The maximum Gasteiger partial charge on any atom is 0.316 e. The van der Waals surface area contributed by atoms with E-state index >= 15 is 0 Å². The number of allylic oxidation sites excluding steroid dienone is 1. The first-order valence-electron chi connectivity index (χ1n) is 9.69. The van der Waals surface area contributed by atoms with E-state index in [1.807, 2.05) is 0 Å². The quantitative estimate of drug-likeness (QED) is 0.343. The third-order valence-corrected chi connectivity index (χ3v) is 5.50. The van der Waals surface area contributed by atoms with Crippen molar-refractivity contribution in [2.75, 3.05) is 39.6 Å². The van der Waals surface area contributed by atoms with E-state index < -0.39 is 23.1 Å². The minimum absolute atomic E-state index is 0.0669. The molecular weight excluding hydrogens is 382 g/mol. The number of ether oxygens (including phenoxy) is 5. The lowest BCUT2D eigenvalue weighted by Crippen LogP contribution is -2.49. The number of esters is 1. The van der Waals surface area contributed by atoms with Crippen LogP contribution in [-0.4, -0.2) is 74.2 Å². The van der Waals surface area contributed by atoms with E-state index in [-0.39, 0.29) is 57.5 Å². The molecule has 0 aliphatic carbocycles. The van der Waals surface area contributed by atoms with Crippen LogP contribution in [0.25, 0.3) is 0 Å². The van der Waals surface area contributed by atoms with Crippen LogP contribution in [0, 0.1) is 11.3 Å². The maximum atomic E-state index is 12.5. The number of hydrogen-bond acceptors (Lipinski definition) is 8. The number of nitrogens with zero attached hydrogens (tertiary/aromatic N) is 1. The van der Waals surface area contributed by atoms with Crippen molar-refractivity contribution in [3.63, 3.8) is 0 Å². The topological polar surface area (TPSA) is 101 Å². The predicted molar refractivity (Wildman–Crippen MR) is 97.1 cm³/mol. The highest BCUT2D eigenvalue weighted by Gasteiger charge is 2.54. The largest absolute Gasteiger partial charge is 0.485 e. The molecule has 0 saturated carbocycles. The van der Waals surface area contributed by atoms with Gasteiger partial charge in [-0.25, -0.2) is 0 Å². The van der Waals surface area contributed by atoms with Crippen LogP contribution >= 0.6 is 0 Å². The summed E-state index contributed by atoms with van der Waals surface area (Å²) in [6.45, 7) is 6.30. The molecule has 2 atom stereocenters. The highest BCUT2D eigenvalue weighted by Crippen LogP contribution is 2.43. The summed E-state index contributed by atoms with van der Waals surface area (Å²) in [5.41, 5.74) is -0.406. The van der Waals surface area contributed by atoms with Crippen molar-refractivity contribution >= 4 is 17.8 Å². The summed E-state index contributed by atoms with van der Waals surface area (Å²) in [7, 11) is 0. The van der Waals surface area contributed by atoms with E-state index in [1.165, 1.54) is 4.90 Å². The molecule has 4 rings (SSSR count). The summed E-state index contributed by atoms with van der Waals surface area (Å²) in [6, 6.07) is 0.